The number of ether oxygens (including phenoxy) is 1. The molecule has 0 saturated carbocycles. The van der Waals surface area contributed by atoms with Crippen LogP contribution in [-0.4, -0.2) is 58.0 Å². The summed E-state index contributed by atoms with van der Waals surface area (Å²) in [6.45, 7) is 5.88. The number of hydrogen-bond acceptors (Lipinski definition) is 6. The first kappa shape index (κ1) is 19.7. The maximum Gasteiger partial charge on any atom is 0.407 e. The lowest BCUT2D eigenvalue weighted by molar-refractivity contribution is -0.386. The Morgan fingerprint density at radius 1 is 1.50 bits per heavy atom. The molecule has 1 aromatic carbocycles. The van der Waals surface area contributed by atoms with Crippen molar-refractivity contribution in [3.63, 3.8) is 0 Å². The van der Waals surface area contributed by atoms with E-state index in [2.05, 4.69) is 5.32 Å². The van der Waals surface area contributed by atoms with Gasteiger partial charge in [0.1, 0.15) is 11.4 Å². The molecule has 1 heterocycles. The topological polar surface area (TPSA) is 125 Å². The van der Waals surface area contributed by atoms with E-state index in [9.17, 15) is 29.5 Å². The number of nitrogens with one attached hydrogen (secondary N) is 1. The summed E-state index contributed by atoms with van der Waals surface area (Å²) in [6, 6.07) is 1.82. The first-order valence-corrected chi connectivity index (χ1v) is 8.00. The molecular weight excluding hydrogens is 349 g/mol. The molecule has 1 atom stereocenters. The molecule has 2 rings (SSSR count). The van der Waals surface area contributed by atoms with Crippen LogP contribution in [0.1, 0.15) is 20.8 Å². The summed E-state index contributed by atoms with van der Waals surface area (Å²) >= 11 is 0. The number of morpholine rings is 1. The highest BCUT2D eigenvalue weighted by Crippen LogP contribution is 2.40. The fourth-order valence-electron chi connectivity index (χ4n) is 2.91. The van der Waals surface area contributed by atoms with E-state index < -0.39 is 39.3 Å². The number of hydrogen-bond donors (Lipinski definition) is 3. The number of rotatable bonds is 4. The van der Waals surface area contributed by atoms with E-state index in [0.29, 0.717) is 0 Å². The number of halogens is 1. The van der Waals surface area contributed by atoms with Gasteiger partial charge in [-0.3, -0.25) is 10.1 Å². The van der Waals surface area contributed by atoms with Crippen LogP contribution in [0.3, 0.4) is 0 Å². The third kappa shape index (κ3) is 3.64. The van der Waals surface area contributed by atoms with Gasteiger partial charge < -0.3 is 25.2 Å². The van der Waals surface area contributed by atoms with Crippen LogP contribution < -0.4 is 5.32 Å². The Morgan fingerprint density at radius 2 is 2.15 bits per heavy atom. The van der Waals surface area contributed by atoms with Gasteiger partial charge in [0.15, 0.2) is 5.69 Å². The van der Waals surface area contributed by atoms with E-state index in [1.165, 1.54) is 4.90 Å². The molecule has 0 aromatic heterocycles. The van der Waals surface area contributed by atoms with Gasteiger partial charge in [0.2, 0.25) is 5.82 Å². The van der Waals surface area contributed by atoms with Crippen LogP contribution in [0.4, 0.5) is 20.6 Å². The molecule has 144 valence electrons. The van der Waals surface area contributed by atoms with Crippen LogP contribution >= 0.6 is 0 Å². The van der Waals surface area contributed by atoms with Gasteiger partial charge in [-0.15, -0.1) is 0 Å². The van der Waals surface area contributed by atoms with Crippen molar-refractivity contribution in [3.05, 3.63) is 28.1 Å². The number of anilines is 1. The summed E-state index contributed by atoms with van der Waals surface area (Å²) in [7, 11) is 0. The van der Waals surface area contributed by atoms with Crippen LogP contribution in [0.15, 0.2) is 12.1 Å². The van der Waals surface area contributed by atoms with Crippen molar-refractivity contribution in [2.24, 2.45) is 5.41 Å². The van der Waals surface area contributed by atoms with Gasteiger partial charge in [0, 0.05) is 13.1 Å². The zero-order valence-electron chi connectivity index (χ0n) is 14.8. The second-order valence-corrected chi connectivity index (χ2v) is 7.20. The molecule has 26 heavy (non-hydrogen) atoms. The van der Waals surface area contributed by atoms with Crippen LogP contribution in [0.25, 0.3) is 0 Å². The molecule has 3 N–H and O–H groups in total. The number of phenolic OH excluding ortho intramolecular Hbond substituents is 1. The van der Waals surface area contributed by atoms with Gasteiger partial charge in [-0.2, -0.15) is 4.39 Å². The number of aromatic hydroxyl groups is 1. The Morgan fingerprint density at radius 3 is 2.69 bits per heavy atom. The van der Waals surface area contributed by atoms with Crippen molar-refractivity contribution in [3.8, 4) is 5.75 Å². The molecule has 1 aliphatic rings. The number of carbonyl (C=O) groups is 1. The lowest BCUT2D eigenvalue weighted by Gasteiger charge is -2.49. The van der Waals surface area contributed by atoms with Gasteiger partial charge in [0.25, 0.3) is 0 Å². The maximum atomic E-state index is 13.8. The van der Waals surface area contributed by atoms with Gasteiger partial charge in [-0.1, -0.05) is 20.8 Å². The van der Waals surface area contributed by atoms with Crippen molar-refractivity contribution in [2.45, 2.75) is 26.4 Å². The first-order chi connectivity index (χ1) is 12.0. The average molecular weight is 371 g/mol. The molecule has 0 radical (unpaired) electrons. The predicted molar refractivity (Wildman–Crippen MR) is 90.9 cm³/mol. The first-order valence-electron chi connectivity index (χ1n) is 8.00. The molecular formula is C16H22FN3O6. The summed E-state index contributed by atoms with van der Waals surface area (Å²) in [5.74, 6) is -1.56. The number of nitro groups is 1. The fourth-order valence-corrected chi connectivity index (χ4v) is 2.91. The highest BCUT2D eigenvalue weighted by atomic mass is 19.1. The normalized spacial score (nSPS) is 20.7. The summed E-state index contributed by atoms with van der Waals surface area (Å²) in [6.07, 6.45) is -1.10. The number of phenols is 1. The van der Waals surface area contributed by atoms with E-state index >= 15 is 0 Å². The van der Waals surface area contributed by atoms with Crippen LogP contribution in [-0.2, 0) is 4.74 Å². The third-order valence-electron chi connectivity index (χ3n) is 4.66. The van der Waals surface area contributed by atoms with E-state index in [4.69, 9.17) is 4.74 Å². The van der Waals surface area contributed by atoms with Gasteiger partial charge in [-0.25, -0.2) is 4.79 Å². The zero-order chi connectivity index (χ0) is 19.7. The smallest absolute Gasteiger partial charge is 0.407 e. The van der Waals surface area contributed by atoms with Crippen molar-refractivity contribution >= 4 is 17.5 Å². The zero-order valence-corrected chi connectivity index (χ0v) is 14.8. The molecule has 1 fully saturated rings. The van der Waals surface area contributed by atoms with Crippen molar-refractivity contribution in [1.82, 2.24) is 4.90 Å². The summed E-state index contributed by atoms with van der Waals surface area (Å²) < 4.78 is 19.7. The molecule has 1 aromatic rings. The Hall–Kier alpha value is -2.62. The maximum absolute atomic E-state index is 13.8. The van der Waals surface area contributed by atoms with E-state index in [-0.39, 0.29) is 31.9 Å². The fraction of sp³-hybridized carbons (Fsp3) is 0.562. The van der Waals surface area contributed by atoms with Crippen molar-refractivity contribution in [2.75, 3.05) is 31.6 Å². The van der Waals surface area contributed by atoms with Crippen LogP contribution in [0.2, 0.25) is 0 Å². The number of nitrogens with zero attached hydrogens (tertiary/aromatic N) is 2. The number of nitro benzene ring substituents is 1. The quantitative estimate of drug-likeness (QED) is 0.422. The Balaban J connectivity index is 2.37. The second kappa shape index (κ2) is 6.94. The van der Waals surface area contributed by atoms with E-state index in [1.807, 2.05) is 20.8 Å². The highest BCUT2D eigenvalue weighted by molar-refractivity contribution is 5.70. The van der Waals surface area contributed by atoms with E-state index in [0.717, 1.165) is 12.1 Å². The molecule has 9 nitrogen and oxygen atoms in total. The molecule has 1 unspecified atom stereocenters. The minimum Gasteiger partial charge on any atom is -0.506 e. The summed E-state index contributed by atoms with van der Waals surface area (Å²) in [5, 5.41) is 33.1. The SMILES string of the molecule is CC(C)(C)C1(CNc2c(O)ccc(F)c2[N+](=O)[O-])CN(C(=O)O)CCO1. The standard InChI is InChI=1S/C16H22FN3O6/c1-15(2,3)16(9-19(14(22)23)6-7-26-16)8-18-12-11(21)5-4-10(17)13(12)20(24)25/h4-5,18,21H,6-9H2,1-3H3,(H,22,23). The van der Waals surface area contributed by atoms with Crippen molar-refractivity contribution < 1.29 is 29.1 Å². The largest absolute Gasteiger partial charge is 0.506 e. The van der Waals surface area contributed by atoms with Crippen LogP contribution in [0.5, 0.6) is 5.75 Å². The molecule has 1 saturated heterocycles. The predicted octanol–water partition coefficient (Wildman–Crippen LogP) is 2.65. The molecule has 0 bridgehead atoms. The summed E-state index contributed by atoms with van der Waals surface area (Å²) in [4.78, 5) is 22.8. The highest BCUT2D eigenvalue weighted by Gasteiger charge is 2.48. The molecule has 10 heteroatoms. The number of amides is 1. The number of benzene rings is 1. The van der Waals surface area contributed by atoms with Gasteiger partial charge in [-0.05, 0) is 17.5 Å². The Kier molecular flexibility index (Phi) is 5.26. The van der Waals surface area contributed by atoms with Crippen LogP contribution in [0, 0.1) is 21.3 Å². The second-order valence-electron chi connectivity index (χ2n) is 7.20. The van der Waals surface area contributed by atoms with Crippen molar-refractivity contribution in [1.29, 1.82) is 0 Å². The van der Waals surface area contributed by atoms with Gasteiger partial charge in [0.05, 0.1) is 18.1 Å². The minimum absolute atomic E-state index is 0.0305. The third-order valence-corrected chi connectivity index (χ3v) is 4.66. The molecule has 1 aliphatic heterocycles. The molecule has 0 aliphatic carbocycles. The molecule has 0 spiro atoms. The average Bonchev–Trinajstić information content (AvgIpc) is 2.54. The van der Waals surface area contributed by atoms with E-state index in [1.54, 1.807) is 0 Å². The monoisotopic (exact) mass is 371 g/mol. The lowest BCUT2D eigenvalue weighted by Crippen LogP contribution is -2.62. The summed E-state index contributed by atoms with van der Waals surface area (Å²) in [5.41, 5.74) is -2.82. The molecule has 1 amide bonds. The minimum atomic E-state index is -1.10. The Bertz CT molecular complexity index is 721. The lowest BCUT2D eigenvalue weighted by atomic mass is 9.75. The number of carboxylic acid groups (broad SMARTS) is 1. The van der Waals surface area contributed by atoms with Gasteiger partial charge >= 0.3 is 11.8 Å². The Labute approximate surface area is 149 Å².